The summed E-state index contributed by atoms with van der Waals surface area (Å²) in [6.45, 7) is 0.375. The topological polar surface area (TPSA) is 55.8 Å². The lowest BCUT2D eigenvalue weighted by molar-refractivity contribution is -0.145. The molecule has 5 aliphatic carbocycles. The van der Waals surface area contributed by atoms with Gasteiger partial charge in [-0.3, -0.25) is 4.79 Å². The lowest BCUT2D eigenvalue weighted by atomic mass is 9.50. The average molecular weight is 474 g/mol. The SMILES string of the molecule is COC(=O)[C@@H]1C[C@@H](F)CN1C(=O)c1c(F)cc(OCC23CC4CC(CC(C4)C2)C3)cc1C1CC1. The monoisotopic (exact) mass is 473 g/mol. The van der Waals surface area contributed by atoms with Gasteiger partial charge in [-0.25, -0.2) is 13.6 Å². The zero-order valence-corrected chi connectivity index (χ0v) is 19.7. The van der Waals surface area contributed by atoms with Gasteiger partial charge in [0.05, 0.1) is 25.8 Å². The summed E-state index contributed by atoms with van der Waals surface area (Å²) >= 11 is 0. The Morgan fingerprint density at radius 3 is 2.29 bits per heavy atom. The first-order valence-electron chi connectivity index (χ1n) is 12.8. The molecule has 2 atom stereocenters. The fourth-order valence-corrected chi connectivity index (χ4v) is 7.84. The Labute approximate surface area is 199 Å². The molecule has 7 heteroatoms. The highest BCUT2D eigenvalue weighted by atomic mass is 19.1. The lowest BCUT2D eigenvalue weighted by Gasteiger charge is -2.56. The summed E-state index contributed by atoms with van der Waals surface area (Å²) in [5.74, 6) is 1.06. The first-order chi connectivity index (χ1) is 16.3. The highest BCUT2D eigenvalue weighted by Crippen LogP contribution is 2.60. The molecule has 0 N–H and O–H groups in total. The van der Waals surface area contributed by atoms with Gasteiger partial charge in [-0.1, -0.05) is 0 Å². The number of benzene rings is 1. The number of esters is 1. The second kappa shape index (κ2) is 8.20. The van der Waals surface area contributed by atoms with Crippen LogP contribution in [0.2, 0.25) is 0 Å². The van der Waals surface area contributed by atoms with E-state index in [4.69, 9.17) is 9.47 Å². The van der Waals surface area contributed by atoms with Crippen LogP contribution in [0.4, 0.5) is 8.78 Å². The van der Waals surface area contributed by atoms with Crippen LogP contribution in [0.1, 0.15) is 79.6 Å². The molecule has 6 aliphatic rings. The summed E-state index contributed by atoms with van der Waals surface area (Å²) in [4.78, 5) is 26.6. The summed E-state index contributed by atoms with van der Waals surface area (Å²) in [5.41, 5.74) is 0.780. The number of halogens is 2. The number of ether oxygens (including phenoxy) is 2. The Hall–Kier alpha value is -2.18. The molecular weight excluding hydrogens is 440 g/mol. The van der Waals surface area contributed by atoms with Crippen molar-refractivity contribution in [1.82, 2.24) is 4.90 Å². The molecular formula is C27H33F2NO4. The van der Waals surface area contributed by atoms with Crippen LogP contribution in [-0.4, -0.2) is 49.3 Å². The van der Waals surface area contributed by atoms with E-state index in [2.05, 4.69) is 0 Å². The molecule has 4 bridgehead atoms. The number of hydrogen-bond donors (Lipinski definition) is 0. The molecule has 0 spiro atoms. The third kappa shape index (κ3) is 3.89. The molecule has 0 radical (unpaired) electrons. The molecule has 1 aliphatic heterocycles. The van der Waals surface area contributed by atoms with Gasteiger partial charge in [0.15, 0.2) is 0 Å². The molecule has 7 rings (SSSR count). The second-order valence-electron chi connectivity index (χ2n) is 11.7. The van der Waals surface area contributed by atoms with Crippen LogP contribution in [0.5, 0.6) is 5.75 Å². The van der Waals surface area contributed by atoms with Crippen molar-refractivity contribution in [2.75, 3.05) is 20.3 Å². The van der Waals surface area contributed by atoms with E-state index in [-0.39, 0.29) is 29.9 Å². The molecule has 0 unspecified atom stereocenters. The molecule has 5 nitrogen and oxygen atoms in total. The van der Waals surface area contributed by atoms with Crippen molar-refractivity contribution in [2.45, 2.75) is 75.9 Å². The third-order valence-electron chi connectivity index (χ3n) is 9.02. The van der Waals surface area contributed by atoms with Gasteiger partial charge >= 0.3 is 5.97 Å². The van der Waals surface area contributed by atoms with Crippen molar-refractivity contribution in [3.05, 3.63) is 29.1 Å². The number of rotatable bonds is 6. The molecule has 1 heterocycles. The van der Waals surface area contributed by atoms with E-state index in [1.165, 1.54) is 51.7 Å². The fraction of sp³-hybridized carbons (Fsp3) is 0.704. The zero-order chi connectivity index (χ0) is 23.6. The standard InChI is InChI=1S/C27H33F2NO4/c1-33-26(32)23-7-19(28)13-30(23)25(31)24-21(18-2-3-18)8-20(9-22(24)29)34-14-27-10-15-4-16(11-27)6-17(5-15)12-27/h8-9,15-19,23H,2-7,10-14H2,1H3/t15?,16?,17?,19-,23+,27?/m1/s1. The number of nitrogens with zero attached hydrogens (tertiary/aromatic N) is 1. The number of methoxy groups -OCH3 is 1. The highest BCUT2D eigenvalue weighted by molar-refractivity contribution is 5.99. The van der Waals surface area contributed by atoms with Crippen LogP contribution in [-0.2, 0) is 9.53 Å². The van der Waals surface area contributed by atoms with Gasteiger partial charge in [-0.2, -0.15) is 0 Å². The van der Waals surface area contributed by atoms with Crippen LogP contribution in [0.3, 0.4) is 0 Å². The Morgan fingerprint density at radius 1 is 1.06 bits per heavy atom. The van der Waals surface area contributed by atoms with Gasteiger partial charge in [-0.05, 0) is 86.7 Å². The van der Waals surface area contributed by atoms with Crippen molar-refractivity contribution in [3.8, 4) is 5.75 Å². The summed E-state index contributed by atoms with van der Waals surface area (Å²) < 4.78 is 40.6. The van der Waals surface area contributed by atoms with E-state index in [1.807, 2.05) is 6.07 Å². The highest BCUT2D eigenvalue weighted by Gasteiger charge is 2.51. The Morgan fingerprint density at radius 2 is 1.71 bits per heavy atom. The van der Waals surface area contributed by atoms with Crippen LogP contribution in [0.25, 0.3) is 0 Å². The Kier molecular flexibility index (Phi) is 5.38. The number of carbonyl (C=O) groups is 2. The van der Waals surface area contributed by atoms with Crippen molar-refractivity contribution < 1.29 is 27.8 Å². The maximum Gasteiger partial charge on any atom is 0.328 e. The van der Waals surface area contributed by atoms with E-state index in [1.54, 1.807) is 0 Å². The smallest absolute Gasteiger partial charge is 0.328 e. The number of hydrogen-bond acceptors (Lipinski definition) is 4. The van der Waals surface area contributed by atoms with Gasteiger partial charge in [-0.15, -0.1) is 0 Å². The molecule has 1 aromatic carbocycles. The molecule has 34 heavy (non-hydrogen) atoms. The summed E-state index contributed by atoms with van der Waals surface area (Å²) in [7, 11) is 1.21. The first kappa shape index (κ1) is 22.3. The molecule has 5 saturated carbocycles. The van der Waals surface area contributed by atoms with E-state index in [9.17, 15) is 14.0 Å². The minimum absolute atomic E-state index is 0.0485. The molecule has 1 saturated heterocycles. The lowest BCUT2D eigenvalue weighted by Crippen LogP contribution is -2.48. The minimum Gasteiger partial charge on any atom is -0.493 e. The summed E-state index contributed by atoms with van der Waals surface area (Å²) in [5, 5.41) is 0. The van der Waals surface area contributed by atoms with Crippen molar-refractivity contribution in [1.29, 1.82) is 0 Å². The second-order valence-corrected chi connectivity index (χ2v) is 11.7. The fourth-order valence-electron chi connectivity index (χ4n) is 7.84. The predicted octanol–water partition coefficient (Wildman–Crippen LogP) is 5.02. The summed E-state index contributed by atoms with van der Waals surface area (Å²) in [6, 6.07) is 2.09. The van der Waals surface area contributed by atoms with Gasteiger partial charge in [0.25, 0.3) is 5.91 Å². The van der Waals surface area contributed by atoms with Crippen LogP contribution in [0, 0.1) is 29.0 Å². The maximum absolute atomic E-state index is 15.5. The molecule has 1 amide bonds. The van der Waals surface area contributed by atoms with Crippen molar-refractivity contribution in [2.24, 2.45) is 23.2 Å². The number of likely N-dealkylation sites (tertiary alicyclic amines) is 1. The number of amides is 1. The van der Waals surface area contributed by atoms with Crippen LogP contribution < -0.4 is 4.74 Å². The first-order valence-corrected chi connectivity index (χ1v) is 12.8. The summed E-state index contributed by atoms with van der Waals surface area (Å²) in [6.07, 6.45) is 8.02. The minimum atomic E-state index is -1.33. The molecule has 6 fully saturated rings. The Bertz CT molecular complexity index is 971. The van der Waals surface area contributed by atoms with Gasteiger partial charge < -0.3 is 14.4 Å². The van der Waals surface area contributed by atoms with E-state index < -0.39 is 29.9 Å². The maximum atomic E-state index is 15.5. The van der Waals surface area contributed by atoms with Gasteiger partial charge in [0.1, 0.15) is 23.8 Å². The van der Waals surface area contributed by atoms with Crippen molar-refractivity contribution in [3.63, 3.8) is 0 Å². The quantitative estimate of drug-likeness (QED) is 0.544. The van der Waals surface area contributed by atoms with Crippen LogP contribution in [0.15, 0.2) is 12.1 Å². The van der Waals surface area contributed by atoms with E-state index in [0.29, 0.717) is 17.9 Å². The largest absolute Gasteiger partial charge is 0.493 e. The molecule has 0 aromatic heterocycles. The number of alkyl halides is 1. The van der Waals surface area contributed by atoms with Crippen molar-refractivity contribution >= 4 is 11.9 Å². The van der Waals surface area contributed by atoms with Crippen LogP contribution >= 0.6 is 0 Å². The van der Waals surface area contributed by atoms with Gasteiger partial charge in [0.2, 0.25) is 0 Å². The van der Waals surface area contributed by atoms with E-state index >= 15 is 4.39 Å². The predicted molar refractivity (Wildman–Crippen MR) is 121 cm³/mol. The zero-order valence-electron chi connectivity index (χ0n) is 19.7. The van der Waals surface area contributed by atoms with Gasteiger partial charge in [0, 0.05) is 17.9 Å². The number of carbonyl (C=O) groups excluding carboxylic acids is 2. The third-order valence-corrected chi connectivity index (χ3v) is 9.02. The Balaban J connectivity index is 1.24. The molecule has 184 valence electrons. The normalized spacial score (nSPS) is 36.1. The average Bonchev–Trinajstić information content (AvgIpc) is 3.56. The van der Waals surface area contributed by atoms with E-state index in [0.717, 1.165) is 35.5 Å². The molecule has 1 aromatic rings.